The van der Waals surface area contributed by atoms with Gasteiger partial charge in [0.25, 0.3) is 5.91 Å². The molecule has 2 aromatic carbocycles. The highest BCUT2D eigenvalue weighted by Crippen LogP contribution is 2.11. The average molecular weight is 294 g/mol. The van der Waals surface area contributed by atoms with E-state index in [0.717, 1.165) is 18.1 Å². The molecule has 0 saturated heterocycles. The van der Waals surface area contributed by atoms with Crippen LogP contribution in [0.5, 0.6) is 0 Å². The first kappa shape index (κ1) is 15.5. The molecule has 4 heteroatoms. The second-order valence-corrected chi connectivity index (χ2v) is 4.74. The van der Waals surface area contributed by atoms with Crippen molar-refractivity contribution in [1.29, 1.82) is 0 Å². The van der Waals surface area contributed by atoms with Crippen molar-refractivity contribution in [2.45, 2.75) is 13.3 Å². The van der Waals surface area contributed by atoms with E-state index in [9.17, 15) is 14.7 Å². The lowest BCUT2D eigenvalue weighted by molar-refractivity contribution is -0.243. The molecule has 0 unspecified atom stereocenters. The fourth-order valence-electron chi connectivity index (χ4n) is 1.89. The fourth-order valence-corrected chi connectivity index (χ4v) is 1.89. The van der Waals surface area contributed by atoms with Gasteiger partial charge in [-0.1, -0.05) is 55.1 Å². The number of hydrogen-bond acceptors (Lipinski definition) is 3. The van der Waals surface area contributed by atoms with Crippen LogP contribution in [0.2, 0.25) is 0 Å². The highest BCUT2D eigenvalue weighted by molar-refractivity contribution is 6.45. The zero-order chi connectivity index (χ0) is 15.9. The van der Waals surface area contributed by atoms with E-state index in [4.69, 9.17) is 0 Å². The summed E-state index contributed by atoms with van der Waals surface area (Å²) in [5.41, 5.74) is 2.03. The highest BCUT2D eigenvalue weighted by Gasteiger charge is 2.10. The summed E-state index contributed by atoms with van der Waals surface area (Å²) < 4.78 is 0. The number of amides is 1. The molecule has 1 N–H and O–H groups in total. The summed E-state index contributed by atoms with van der Waals surface area (Å²) in [6, 6.07) is 15.5. The third-order valence-electron chi connectivity index (χ3n) is 3.16. The summed E-state index contributed by atoms with van der Waals surface area (Å²) in [5, 5.41) is 14.3. The molecule has 0 atom stereocenters. The third-order valence-corrected chi connectivity index (χ3v) is 3.16. The van der Waals surface area contributed by atoms with Gasteiger partial charge in [-0.3, -0.25) is 9.59 Å². The minimum absolute atomic E-state index is 0.371. The van der Waals surface area contributed by atoms with Crippen LogP contribution in [-0.2, 0) is 16.0 Å². The average Bonchev–Trinajstić information content (AvgIpc) is 2.56. The molecule has 0 heterocycles. The number of nitrogens with one attached hydrogen (secondary N) is 1. The number of ketones is 1. The molecule has 2 aromatic rings. The Bertz CT molecular complexity index is 688. The van der Waals surface area contributed by atoms with Crippen LogP contribution < -0.4 is 10.4 Å². The van der Waals surface area contributed by atoms with Gasteiger partial charge >= 0.3 is 0 Å². The predicted molar refractivity (Wildman–Crippen MR) is 83.9 cm³/mol. The predicted octanol–water partition coefficient (Wildman–Crippen LogP) is 2.16. The second-order valence-electron chi connectivity index (χ2n) is 4.74. The zero-order valence-corrected chi connectivity index (χ0v) is 12.2. The number of aryl methyl sites for hydroxylation is 1. The Morgan fingerprint density at radius 2 is 1.68 bits per heavy atom. The Balaban J connectivity index is 2.04. The van der Waals surface area contributed by atoms with E-state index in [0.29, 0.717) is 11.3 Å². The van der Waals surface area contributed by atoms with Gasteiger partial charge in [0.05, 0.1) is 0 Å². The minimum atomic E-state index is -0.867. The number of carbonyl (C=O) groups excluding carboxylic acids is 2. The molecule has 1 amide bonds. The van der Waals surface area contributed by atoms with Crippen molar-refractivity contribution in [3.63, 3.8) is 0 Å². The van der Waals surface area contributed by atoms with Gasteiger partial charge in [-0.15, -0.1) is 0 Å². The highest BCUT2D eigenvalue weighted by atomic mass is 16.3. The molecule has 0 aromatic heterocycles. The van der Waals surface area contributed by atoms with Gasteiger partial charge in [0.15, 0.2) is 0 Å². The normalized spacial score (nSPS) is 11.0. The number of rotatable bonds is 5. The van der Waals surface area contributed by atoms with Crippen molar-refractivity contribution < 1.29 is 14.7 Å². The largest absolute Gasteiger partial charge is 0.872 e. The van der Waals surface area contributed by atoms with Gasteiger partial charge in [-0.2, -0.15) is 0 Å². The van der Waals surface area contributed by atoms with Crippen LogP contribution in [0.4, 0.5) is 5.69 Å². The van der Waals surface area contributed by atoms with Crippen LogP contribution in [0.15, 0.2) is 60.7 Å². The van der Waals surface area contributed by atoms with Crippen LogP contribution in [0.25, 0.3) is 5.76 Å². The van der Waals surface area contributed by atoms with Crippen molar-refractivity contribution in [2.24, 2.45) is 0 Å². The molecule has 0 aliphatic carbocycles. The molecule has 0 bridgehead atoms. The van der Waals surface area contributed by atoms with Crippen LogP contribution >= 0.6 is 0 Å². The lowest BCUT2D eigenvalue weighted by Crippen LogP contribution is -2.22. The number of carbonyl (C=O) groups is 2. The van der Waals surface area contributed by atoms with E-state index in [1.165, 1.54) is 0 Å². The summed E-state index contributed by atoms with van der Waals surface area (Å²) in [6.45, 7) is 2.03. The molecule has 0 aliphatic heterocycles. The van der Waals surface area contributed by atoms with Gasteiger partial charge in [0.2, 0.25) is 5.78 Å². The number of benzene rings is 2. The molecule has 0 radical (unpaired) electrons. The Labute approximate surface area is 129 Å². The number of hydrogen-bond donors (Lipinski definition) is 1. The van der Waals surface area contributed by atoms with Crippen molar-refractivity contribution in [3.05, 3.63) is 71.8 Å². The van der Waals surface area contributed by atoms with E-state index in [2.05, 4.69) is 5.32 Å². The van der Waals surface area contributed by atoms with E-state index >= 15 is 0 Å². The van der Waals surface area contributed by atoms with Crippen molar-refractivity contribution in [1.82, 2.24) is 0 Å². The summed E-state index contributed by atoms with van der Waals surface area (Å²) >= 11 is 0. The van der Waals surface area contributed by atoms with Crippen molar-refractivity contribution >= 4 is 23.1 Å². The lowest BCUT2D eigenvalue weighted by Gasteiger charge is -2.11. The van der Waals surface area contributed by atoms with E-state index in [1.807, 2.05) is 19.1 Å². The van der Waals surface area contributed by atoms with Crippen molar-refractivity contribution in [2.75, 3.05) is 5.32 Å². The maximum atomic E-state index is 11.8. The van der Waals surface area contributed by atoms with Gasteiger partial charge < -0.3 is 10.4 Å². The molecule has 112 valence electrons. The summed E-state index contributed by atoms with van der Waals surface area (Å²) in [6.07, 6.45) is 1.71. The summed E-state index contributed by atoms with van der Waals surface area (Å²) in [7, 11) is 0. The van der Waals surface area contributed by atoms with Crippen molar-refractivity contribution in [3.8, 4) is 0 Å². The van der Waals surface area contributed by atoms with Gasteiger partial charge in [0.1, 0.15) is 0 Å². The monoisotopic (exact) mass is 294 g/mol. The maximum absolute atomic E-state index is 11.8. The smallest absolute Gasteiger partial charge is 0.296 e. The van der Waals surface area contributed by atoms with Crippen LogP contribution in [0, 0.1) is 0 Å². The minimum Gasteiger partial charge on any atom is -0.872 e. The Morgan fingerprint density at radius 3 is 2.27 bits per heavy atom. The summed E-state index contributed by atoms with van der Waals surface area (Å²) in [4.78, 5) is 23.6. The number of anilines is 1. The Morgan fingerprint density at radius 1 is 1.05 bits per heavy atom. The fraction of sp³-hybridized carbons (Fsp3) is 0.111. The standard InChI is InChI=1S/C18H17NO3/c1-2-13-8-10-15(11-9-13)19-18(22)17(21)12-16(20)14-6-4-3-5-7-14/h3-12,20H,2H2,1H3,(H,19,22)/p-1/b16-12-. The molecule has 22 heavy (non-hydrogen) atoms. The lowest BCUT2D eigenvalue weighted by atomic mass is 10.1. The van der Waals surface area contributed by atoms with Crippen LogP contribution in [-0.4, -0.2) is 11.7 Å². The molecular formula is C18H16NO3-. The summed E-state index contributed by atoms with van der Waals surface area (Å²) in [5.74, 6) is -2.18. The van der Waals surface area contributed by atoms with E-state index in [-0.39, 0.29) is 0 Å². The molecule has 0 aliphatic rings. The third kappa shape index (κ3) is 4.06. The first-order chi connectivity index (χ1) is 10.6. The Kier molecular flexibility index (Phi) is 5.09. The molecule has 0 saturated carbocycles. The van der Waals surface area contributed by atoms with Crippen LogP contribution in [0.3, 0.4) is 0 Å². The molecular weight excluding hydrogens is 278 g/mol. The Hall–Kier alpha value is -2.88. The molecule has 0 spiro atoms. The van der Waals surface area contributed by atoms with Gasteiger partial charge in [0, 0.05) is 5.69 Å². The van der Waals surface area contributed by atoms with Crippen LogP contribution in [0.1, 0.15) is 18.1 Å². The zero-order valence-electron chi connectivity index (χ0n) is 12.2. The first-order valence-corrected chi connectivity index (χ1v) is 6.98. The quantitative estimate of drug-likeness (QED) is 0.522. The van der Waals surface area contributed by atoms with Gasteiger partial charge in [-0.25, -0.2) is 0 Å². The first-order valence-electron chi connectivity index (χ1n) is 6.98. The van der Waals surface area contributed by atoms with Gasteiger partial charge in [-0.05, 0) is 35.8 Å². The second kappa shape index (κ2) is 7.22. The molecule has 0 fully saturated rings. The molecule has 4 nitrogen and oxygen atoms in total. The topological polar surface area (TPSA) is 69.2 Å². The maximum Gasteiger partial charge on any atom is 0.296 e. The SMILES string of the molecule is CCc1ccc(NC(=O)C(=O)/C=C(\[O-])c2ccccc2)cc1. The van der Waals surface area contributed by atoms with E-state index < -0.39 is 17.4 Å². The molecule has 2 rings (SSSR count). The van der Waals surface area contributed by atoms with E-state index in [1.54, 1.807) is 42.5 Å².